The van der Waals surface area contributed by atoms with Gasteiger partial charge in [-0.05, 0) is 18.1 Å². The molecule has 0 bridgehead atoms. The van der Waals surface area contributed by atoms with Gasteiger partial charge in [-0.15, -0.1) is 0 Å². The van der Waals surface area contributed by atoms with Crippen molar-refractivity contribution in [1.82, 2.24) is 0 Å². The predicted octanol–water partition coefficient (Wildman–Crippen LogP) is 0.808. The van der Waals surface area contributed by atoms with Gasteiger partial charge < -0.3 is 15.7 Å². The van der Waals surface area contributed by atoms with E-state index in [9.17, 15) is 9.90 Å². The highest BCUT2D eigenvalue weighted by molar-refractivity contribution is 5.85. The Labute approximate surface area is 94.7 Å². The molecule has 1 aromatic carbocycles. The van der Waals surface area contributed by atoms with Gasteiger partial charge in [0.1, 0.15) is 5.41 Å². The van der Waals surface area contributed by atoms with Crippen molar-refractivity contribution in [3.63, 3.8) is 0 Å². The zero-order valence-electron chi connectivity index (χ0n) is 9.31. The number of nitrogens with two attached hydrogens (primary N) is 1. The monoisotopic (exact) mass is 220 g/mol. The van der Waals surface area contributed by atoms with E-state index in [2.05, 4.69) is 4.90 Å². The number of hydrogen-bond donors (Lipinski definition) is 2. The molecule has 2 rings (SSSR count). The van der Waals surface area contributed by atoms with Crippen LogP contribution in [-0.4, -0.2) is 31.2 Å². The fraction of sp³-hybridized carbons (Fsp3) is 0.417. The van der Waals surface area contributed by atoms with Crippen LogP contribution in [0.5, 0.6) is 0 Å². The summed E-state index contributed by atoms with van der Waals surface area (Å²) in [6, 6.07) is 7.60. The molecule has 3 N–H and O–H groups in total. The Morgan fingerprint density at radius 1 is 1.56 bits per heavy atom. The van der Waals surface area contributed by atoms with Crippen molar-refractivity contribution in [2.24, 2.45) is 5.73 Å². The highest BCUT2D eigenvalue weighted by Gasteiger charge is 2.43. The maximum atomic E-state index is 11.5. The van der Waals surface area contributed by atoms with Crippen molar-refractivity contribution >= 4 is 11.7 Å². The minimum atomic E-state index is -0.914. The second kappa shape index (κ2) is 3.79. The van der Waals surface area contributed by atoms with Crippen molar-refractivity contribution in [2.75, 3.05) is 25.0 Å². The zero-order valence-corrected chi connectivity index (χ0v) is 9.31. The zero-order chi connectivity index (χ0) is 11.8. The molecule has 1 unspecified atom stereocenters. The van der Waals surface area contributed by atoms with E-state index in [4.69, 9.17) is 5.73 Å². The summed E-state index contributed by atoms with van der Waals surface area (Å²) in [5, 5.41) is 9.42. The van der Waals surface area contributed by atoms with Crippen molar-refractivity contribution in [1.29, 1.82) is 0 Å². The molecule has 0 saturated heterocycles. The molecular formula is C12H16N2O2. The van der Waals surface area contributed by atoms with Gasteiger partial charge >= 0.3 is 5.97 Å². The van der Waals surface area contributed by atoms with E-state index in [1.807, 2.05) is 31.3 Å². The minimum Gasteiger partial charge on any atom is -0.481 e. The molecule has 0 amide bonds. The average Bonchev–Trinajstić information content (AvgIpc) is 2.30. The van der Waals surface area contributed by atoms with Crippen molar-refractivity contribution in [3.05, 3.63) is 29.8 Å². The van der Waals surface area contributed by atoms with Gasteiger partial charge in [-0.2, -0.15) is 0 Å². The van der Waals surface area contributed by atoms with Gasteiger partial charge in [-0.3, -0.25) is 4.79 Å². The lowest BCUT2D eigenvalue weighted by atomic mass is 9.74. The molecule has 16 heavy (non-hydrogen) atoms. The number of hydrogen-bond acceptors (Lipinski definition) is 3. The molecule has 1 heterocycles. The van der Waals surface area contributed by atoms with Gasteiger partial charge in [0.05, 0.1) is 0 Å². The van der Waals surface area contributed by atoms with Crippen LogP contribution in [0.4, 0.5) is 5.69 Å². The van der Waals surface area contributed by atoms with Crippen LogP contribution in [0.3, 0.4) is 0 Å². The summed E-state index contributed by atoms with van der Waals surface area (Å²) in [5.74, 6) is -0.824. The van der Waals surface area contributed by atoms with Gasteiger partial charge in [-0.25, -0.2) is 0 Å². The lowest BCUT2D eigenvalue weighted by Crippen LogP contribution is -2.49. The van der Waals surface area contributed by atoms with Gasteiger partial charge in [0.15, 0.2) is 0 Å². The molecule has 86 valence electrons. The summed E-state index contributed by atoms with van der Waals surface area (Å²) < 4.78 is 0. The summed E-state index contributed by atoms with van der Waals surface area (Å²) in [6.07, 6.45) is 0.562. The Hall–Kier alpha value is -1.55. The van der Waals surface area contributed by atoms with Crippen LogP contribution in [0.25, 0.3) is 0 Å². The van der Waals surface area contributed by atoms with E-state index in [1.165, 1.54) is 0 Å². The summed E-state index contributed by atoms with van der Waals surface area (Å²) in [4.78, 5) is 13.6. The fourth-order valence-corrected chi connectivity index (χ4v) is 2.35. The lowest BCUT2D eigenvalue weighted by Gasteiger charge is -2.39. The Morgan fingerprint density at radius 2 is 2.25 bits per heavy atom. The second-order valence-corrected chi connectivity index (χ2v) is 4.28. The molecule has 1 aliphatic heterocycles. The fourth-order valence-electron chi connectivity index (χ4n) is 2.35. The predicted molar refractivity (Wildman–Crippen MR) is 62.7 cm³/mol. The van der Waals surface area contributed by atoms with Crippen LogP contribution in [0.15, 0.2) is 24.3 Å². The smallest absolute Gasteiger partial charge is 0.315 e. The SMILES string of the molecule is CN1CCC(CN)(C(=O)O)c2ccccc21. The van der Waals surface area contributed by atoms with Gasteiger partial charge in [-0.1, -0.05) is 18.2 Å². The van der Waals surface area contributed by atoms with Crippen molar-refractivity contribution in [3.8, 4) is 0 Å². The molecule has 0 spiro atoms. The Balaban J connectivity index is 2.60. The molecule has 0 fully saturated rings. The van der Waals surface area contributed by atoms with Gasteiger partial charge in [0.25, 0.3) is 0 Å². The lowest BCUT2D eigenvalue weighted by molar-refractivity contribution is -0.143. The number of para-hydroxylation sites is 1. The molecular weight excluding hydrogens is 204 g/mol. The number of carboxylic acid groups (broad SMARTS) is 1. The van der Waals surface area contributed by atoms with E-state index >= 15 is 0 Å². The third-order valence-electron chi connectivity index (χ3n) is 3.46. The van der Waals surface area contributed by atoms with Crippen molar-refractivity contribution < 1.29 is 9.90 Å². The highest BCUT2D eigenvalue weighted by atomic mass is 16.4. The first kappa shape index (κ1) is 11.0. The van der Waals surface area contributed by atoms with Crippen LogP contribution in [0, 0.1) is 0 Å². The number of carbonyl (C=O) groups is 1. The van der Waals surface area contributed by atoms with Gasteiger partial charge in [0.2, 0.25) is 0 Å². The normalized spacial score (nSPS) is 24.0. The molecule has 1 aromatic rings. The molecule has 4 nitrogen and oxygen atoms in total. The van der Waals surface area contributed by atoms with Crippen LogP contribution >= 0.6 is 0 Å². The van der Waals surface area contributed by atoms with E-state index in [0.717, 1.165) is 17.8 Å². The first-order valence-corrected chi connectivity index (χ1v) is 5.36. The molecule has 0 aliphatic carbocycles. The number of fused-ring (bicyclic) bond motifs is 1. The standard InChI is InChI=1S/C12H16N2O2/c1-14-7-6-12(8-13,11(15)16)9-4-2-3-5-10(9)14/h2-5H,6-8,13H2,1H3,(H,15,16). The molecule has 1 aliphatic rings. The first-order valence-electron chi connectivity index (χ1n) is 5.36. The number of benzene rings is 1. The molecule has 0 saturated carbocycles. The van der Waals surface area contributed by atoms with E-state index in [0.29, 0.717) is 6.42 Å². The maximum Gasteiger partial charge on any atom is 0.315 e. The van der Waals surface area contributed by atoms with E-state index in [1.54, 1.807) is 0 Å². The third kappa shape index (κ3) is 1.38. The van der Waals surface area contributed by atoms with Crippen LogP contribution in [0.2, 0.25) is 0 Å². The topological polar surface area (TPSA) is 66.6 Å². The maximum absolute atomic E-state index is 11.5. The largest absolute Gasteiger partial charge is 0.481 e. The molecule has 4 heteroatoms. The molecule has 0 radical (unpaired) electrons. The quantitative estimate of drug-likeness (QED) is 0.774. The van der Waals surface area contributed by atoms with Crippen molar-refractivity contribution in [2.45, 2.75) is 11.8 Å². The summed E-state index contributed by atoms with van der Waals surface area (Å²) in [7, 11) is 1.97. The van der Waals surface area contributed by atoms with Crippen LogP contribution in [-0.2, 0) is 10.2 Å². The summed E-state index contributed by atoms with van der Waals surface area (Å²) in [6.45, 7) is 0.869. The first-order chi connectivity index (χ1) is 7.62. The number of rotatable bonds is 2. The number of carboxylic acids is 1. The van der Waals surface area contributed by atoms with E-state index in [-0.39, 0.29) is 6.54 Å². The molecule has 1 atom stereocenters. The third-order valence-corrected chi connectivity index (χ3v) is 3.46. The van der Waals surface area contributed by atoms with Gasteiger partial charge in [0, 0.05) is 25.8 Å². The Bertz CT molecular complexity index is 419. The second-order valence-electron chi connectivity index (χ2n) is 4.28. The summed E-state index contributed by atoms with van der Waals surface area (Å²) in [5.41, 5.74) is 6.59. The van der Waals surface area contributed by atoms with Crippen LogP contribution < -0.4 is 10.6 Å². The minimum absolute atomic E-state index is 0.146. The molecule has 0 aromatic heterocycles. The van der Waals surface area contributed by atoms with Crippen LogP contribution in [0.1, 0.15) is 12.0 Å². The average molecular weight is 220 g/mol. The number of nitrogens with zero attached hydrogens (tertiary/aromatic N) is 1. The number of anilines is 1. The Morgan fingerprint density at radius 3 is 2.88 bits per heavy atom. The highest BCUT2D eigenvalue weighted by Crippen LogP contribution is 2.38. The Kier molecular flexibility index (Phi) is 2.59. The summed E-state index contributed by atoms with van der Waals surface area (Å²) >= 11 is 0. The number of aliphatic carboxylic acids is 1. The van der Waals surface area contributed by atoms with E-state index < -0.39 is 11.4 Å².